The molecule has 0 unspecified atom stereocenters. The summed E-state index contributed by atoms with van der Waals surface area (Å²) in [6.07, 6.45) is 0. The minimum atomic E-state index is -1.32. The Hall–Kier alpha value is -0.227. The van der Waals surface area contributed by atoms with Gasteiger partial charge in [-0.15, -0.1) is 0 Å². The quantitative estimate of drug-likeness (QED) is 0.349. The Labute approximate surface area is 282 Å². The van der Waals surface area contributed by atoms with Crippen LogP contribution in [0.2, 0.25) is 0 Å². The summed E-state index contributed by atoms with van der Waals surface area (Å²) < 4.78 is 33.4. The van der Waals surface area contributed by atoms with Crippen LogP contribution in [0.25, 0.3) is 0 Å². The Kier molecular flexibility index (Phi) is 16.2. The summed E-state index contributed by atoms with van der Waals surface area (Å²) in [5.74, 6) is -1.40. The van der Waals surface area contributed by atoms with E-state index in [1.54, 1.807) is 0 Å². The fourth-order valence-corrected chi connectivity index (χ4v) is 2.78. The molecule has 34 heavy (non-hydrogen) atoms. The Morgan fingerprint density at radius 1 is 0.529 bits per heavy atom. The molecule has 0 atom stereocenters. The molecule has 0 aliphatic carbocycles. The summed E-state index contributed by atoms with van der Waals surface area (Å²) in [5, 5.41) is 22.2. The van der Waals surface area contributed by atoms with Crippen LogP contribution in [0.3, 0.4) is 0 Å². The number of carbonyl (C=O) groups excluding carboxylic acids is 2. The minimum Gasteiger partial charge on any atom is -0.545 e. The van der Waals surface area contributed by atoms with Crippen LogP contribution < -0.4 is 132 Å². The minimum absolute atomic E-state index is 0. The number of carbonyl (C=O) groups is 2. The molecule has 0 amide bonds. The Morgan fingerprint density at radius 3 is 1.18 bits per heavy atom. The van der Waals surface area contributed by atoms with Crippen LogP contribution in [0.15, 0.2) is 36.4 Å². The molecule has 0 radical (unpaired) electrons. The fraction of sp³-hybridized carbons (Fsp3) is 0.364. The number of aromatic carboxylic acids is 2. The standard InChI is InChI=1S/C22H24O10.2K/c23-21(24)15-1-3-17-19(13-15)31-11-7-28-6-10-30-18-4-2-16(22(25)26)14-20(18)32-12-8-27-5-9-29-17;;/h1-4,13-14H,5-12H2,(H,23,24)(H,25,26);;/q;2*+1/p-2. The third kappa shape index (κ3) is 10.4. The summed E-state index contributed by atoms with van der Waals surface area (Å²) in [4.78, 5) is 22.2. The maximum atomic E-state index is 11.1. The first-order valence-electron chi connectivity index (χ1n) is 9.92. The predicted molar refractivity (Wildman–Crippen MR) is 105 cm³/mol. The van der Waals surface area contributed by atoms with Crippen LogP contribution in [0.5, 0.6) is 23.0 Å². The van der Waals surface area contributed by atoms with Crippen molar-refractivity contribution in [1.82, 2.24) is 0 Å². The van der Waals surface area contributed by atoms with Crippen molar-refractivity contribution < 1.29 is 151 Å². The molecule has 172 valence electrons. The monoisotopic (exact) mass is 524 g/mol. The Balaban J connectivity index is 0.00000289. The van der Waals surface area contributed by atoms with Gasteiger partial charge in [-0.3, -0.25) is 0 Å². The third-order valence-electron chi connectivity index (χ3n) is 4.30. The van der Waals surface area contributed by atoms with Gasteiger partial charge in [0.2, 0.25) is 0 Å². The number of carboxylic acids is 2. The molecule has 10 nitrogen and oxygen atoms in total. The topological polar surface area (TPSA) is 136 Å². The zero-order valence-electron chi connectivity index (χ0n) is 19.2. The first-order valence-corrected chi connectivity index (χ1v) is 9.92. The van der Waals surface area contributed by atoms with E-state index in [2.05, 4.69) is 0 Å². The maximum Gasteiger partial charge on any atom is 1.00 e. The van der Waals surface area contributed by atoms with Crippen molar-refractivity contribution in [3.63, 3.8) is 0 Å². The van der Waals surface area contributed by atoms with Gasteiger partial charge < -0.3 is 48.2 Å². The van der Waals surface area contributed by atoms with Crippen molar-refractivity contribution in [2.75, 3.05) is 52.9 Å². The van der Waals surface area contributed by atoms with Gasteiger partial charge in [0.05, 0.1) is 38.4 Å². The van der Waals surface area contributed by atoms with E-state index in [4.69, 9.17) is 28.4 Å². The average molecular weight is 525 g/mol. The maximum absolute atomic E-state index is 11.1. The molecule has 0 spiro atoms. The van der Waals surface area contributed by atoms with E-state index in [1.807, 2.05) is 0 Å². The summed E-state index contributed by atoms with van der Waals surface area (Å²) in [6, 6.07) is 8.37. The van der Waals surface area contributed by atoms with Crippen LogP contribution in [-0.4, -0.2) is 64.8 Å². The molecule has 2 aromatic carbocycles. The van der Waals surface area contributed by atoms with Crippen LogP contribution in [-0.2, 0) is 9.47 Å². The number of hydrogen-bond acceptors (Lipinski definition) is 10. The molecule has 0 saturated heterocycles. The molecule has 12 heteroatoms. The average Bonchev–Trinajstić information content (AvgIpc) is 2.78. The van der Waals surface area contributed by atoms with E-state index in [1.165, 1.54) is 36.4 Å². The third-order valence-corrected chi connectivity index (χ3v) is 4.30. The Morgan fingerprint density at radius 2 is 0.853 bits per heavy atom. The van der Waals surface area contributed by atoms with Gasteiger partial charge in [-0.1, -0.05) is 0 Å². The number of ether oxygens (including phenoxy) is 6. The molecule has 0 bridgehead atoms. The van der Waals surface area contributed by atoms with Gasteiger partial charge >= 0.3 is 103 Å². The second-order valence-corrected chi connectivity index (χ2v) is 6.52. The van der Waals surface area contributed by atoms with E-state index in [0.717, 1.165) is 0 Å². The van der Waals surface area contributed by atoms with E-state index in [-0.39, 0.29) is 178 Å². The van der Waals surface area contributed by atoms with Gasteiger partial charge in [0.15, 0.2) is 23.0 Å². The molecule has 1 aliphatic heterocycles. The van der Waals surface area contributed by atoms with Crippen molar-refractivity contribution >= 4 is 11.9 Å². The number of fused-ring (bicyclic) bond motifs is 2. The zero-order chi connectivity index (χ0) is 22.8. The summed E-state index contributed by atoms with van der Waals surface area (Å²) in [5.41, 5.74) is -0.0598. The molecule has 0 fully saturated rings. The SMILES string of the molecule is O=C([O-])c1ccc2c(c1)OCCOCCOc1ccc(C(=O)[O-])cc1OCCOCCO2.[K+].[K+]. The second kappa shape index (κ2) is 17.3. The van der Waals surface area contributed by atoms with Crippen molar-refractivity contribution in [1.29, 1.82) is 0 Å². The van der Waals surface area contributed by atoms with E-state index < -0.39 is 11.9 Å². The summed E-state index contributed by atoms with van der Waals surface area (Å²) in [7, 11) is 0. The fourth-order valence-electron chi connectivity index (χ4n) is 2.78. The Bertz CT molecular complexity index is 862. The molecule has 1 heterocycles. The van der Waals surface area contributed by atoms with Gasteiger partial charge in [0.25, 0.3) is 0 Å². The second-order valence-electron chi connectivity index (χ2n) is 6.52. The largest absolute Gasteiger partial charge is 1.00 e. The van der Waals surface area contributed by atoms with Gasteiger partial charge in [0, 0.05) is 11.1 Å². The van der Waals surface area contributed by atoms with Crippen molar-refractivity contribution in [2.45, 2.75) is 0 Å². The molecule has 1 aliphatic rings. The van der Waals surface area contributed by atoms with Crippen molar-refractivity contribution in [3.05, 3.63) is 47.5 Å². The summed E-state index contributed by atoms with van der Waals surface area (Å²) in [6.45, 7) is 1.57. The van der Waals surface area contributed by atoms with Crippen molar-refractivity contribution in [2.24, 2.45) is 0 Å². The smallest absolute Gasteiger partial charge is 0.545 e. The van der Waals surface area contributed by atoms with E-state index >= 15 is 0 Å². The van der Waals surface area contributed by atoms with Crippen LogP contribution in [0.4, 0.5) is 0 Å². The molecule has 0 N–H and O–H groups in total. The summed E-state index contributed by atoms with van der Waals surface area (Å²) >= 11 is 0. The van der Waals surface area contributed by atoms with Gasteiger partial charge in [-0.2, -0.15) is 0 Å². The van der Waals surface area contributed by atoms with Crippen LogP contribution in [0.1, 0.15) is 20.7 Å². The number of carboxylic acid groups (broad SMARTS) is 2. The van der Waals surface area contributed by atoms with Crippen molar-refractivity contribution in [3.8, 4) is 23.0 Å². The molecular weight excluding hydrogens is 502 g/mol. The first kappa shape index (κ1) is 31.8. The number of hydrogen-bond donors (Lipinski definition) is 0. The van der Waals surface area contributed by atoms with E-state index in [0.29, 0.717) is 11.5 Å². The van der Waals surface area contributed by atoms with Crippen LogP contribution >= 0.6 is 0 Å². The number of rotatable bonds is 2. The normalized spacial score (nSPS) is 14.8. The molecule has 0 saturated carbocycles. The van der Waals surface area contributed by atoms with Gasteiger partial charge in [0.1, 0.15) is 26.4 Å². The predicted octanol–water partition coefficient (Wildman–Crippen LogP) is -6.32. The van der Waals surface area contributed by atoms with E-state index in [9.17, 15) is 19.8 Å². The van der Waals surface area contributed by atoms with Crippen LogP contribution in [0, 0.1) is 0 Å². The number of benzene rings is 2. The van der Waals surface area contributed by atoms with Gasteiger partial charge in [-0.05, 0) is 36.4 Å². The molecular formula is C22H22K2O10. The molecule has 3 rings (SSSR count). The van der Waals surface area contributed by atoms with Gasteiger partial charge in [-0.25, -0.2) is 0 Å². The first-order chi connectivity index (χ1) is 15.5. The molecule has 0 aromatic heterocycles. The zero-order valence-corrected chi connectivity index (χ0v) is 25.4. The molecule has 2 aromatic rings.